The van der Waals surface area contributed by atoms with Crippen LogP contribution in [0.15, 0.2) is 33.9 Å². The van der Waals surface area contributed by atoms with Gasteiger partial charge >= 0.3 is 0 Å². The molecular weight excluding hydrogens is 378 g/mol. The largest absolute Gasteiger partial charge is 0.481 e. The van der Waals surface area contributed by atoms with Gasteiger partial charge in [0.1, 0.15) is 0 Å². The van der Waals surface area contributed by atoms with E-state index in [0.717, 1.165) is 12.5 Å². The second-order valence-electron chi connectivity index (χ2n) is 4.28. The molecule has 116 valence electrons. The minimum atomic E-state index is -3.52. The van der Waals surface area contributed by atoms with E-state index in [4.69, 9.17) is 4.74 Å². The maximum Gasteiger partial charge on any atom is 0.296 e. The Balaban J connectivity index is 2.79. The molecule has 0 N–H and O–H groups in total. The Labute approximate surface area is 134 Å². The van der Waals surface area contributed by atoms with Gasteiger partial charge in [-0.05, 0) is 22.0 Å². The minimum absolute atomic E-state index is 0.0250. The quantitative estimate of drug-likeness (QED) is 0.583. The van der Waals surface area contributed by atoms with E-state index < -0.39 is 14.8 Å². The number of hydrogen-bond acceptors (Lipinski definition) is 7. The van der Waals surface area contributed by atoms with E-state index in [0.29, 0.717) is 4.47 Å². The number of methoxy groups -OCH3 is 1. The van der Waals surface area contributed by atoms with Crippen LogP contribution in [0.5, 0.6) is 5.88 Å². The molecule has 0 radical (unpaired) electrons. The van der Waals surface area contributed by atoms with E-state index in [1.807, 2.05) is 0 Å². The lowest BCUT2D eigenvalue weighted by Gasteiger charge is -2.09. The van der Waals surface area contributed by atoms with Gasteiger partial charge in [0.2, 0.25) is 5.88 Å². The van der Waals surface area contributed by atoms with Crippen LogP contribution in [-0.2, 0) is 9.84 Å². The molecule has 2 heterocycles. The van der Waals surface area contributed by atoms with Crippen LogP contribution in [0, 0.1) is 10.1 Å². The molecule has 2 aromatic heterocycles. The van der Waals surface area contributed by atoms with Crippen LogP contribution in [0.3, 0.4) is 0 Å². The van der Waals surface area contributed by atoms with Crippen molar-refractivity contribution >= 4 is 31.5 Å². The summed E-state index contributed by atoms with van der Waals surface area (Å²) < 4.78 is 28.8. The number of halogens is 1. The highest BCUT2D eigenvalue weighted by Gasteiger charge is 2.23. The van der Waals surface area contributed by atoms with Crippen molar-refractivity contribution in [1.29, 1.82) is 0 Å². The molecule has 0 saturated carbocycles. The first-order chi connectivity index (χ1) is 10.2. The van der Waals surface area contributed by atoms with Gasteiger partial charge in [-0.3, -0.25) is 10.1 Å². The molecule has 0 aliphatic rings. The number of sulfone groups is 1. The second kappa shape index (κ2) is 5.97. The van der Waals surface area contributed by atoms with Gasteiger partial charge in [0, 0.05) is 29.2 Å². The standard InChI is InChI=1S/C12H10BrN3O5S/c1-21-12-9(4-8(6-15-12)22(2,19)20)11-10(16(17)18)3-7(13)5-14-11/h3-6H,1-2H3. The van der Waals surface area contributed by atoms with Crippen LogP contribution in [0.1, 0.15) is 0 Å². The summed E-state index contributed by atoms with van der Waals surface area (Å²) in [7, 11) is -2.19. The zero-order valence-electron chi connectivity index (χ0n) is 11.5. The predicted octanol–water partition coefficient (Wildman–Crippen LogP) is 2.23. The van der Waals surface area contributed by atoms with Gasteiger partial charge in [0.05, 0.1) is 22.5 Å². The van der Waals surface area contributed by atoms with E-state index in [1.54, 1.807) is 0 Å². The second-order valence-corrected chi connectivity index (χ2v) is 7.21. The molecule has 0 fully saturated rings. The summed E-state index contributed by atoms with van der Waals surface area (Å²) in [6.07, 6.45) is 3.51. The van der Waals surface area contributed by atoms with Crippen LogP contribution in [0.2, 0.25) is 0 Å². The lowest BCUT2D eigenvalue weighted by atomic mass is 10.1. The third kappa shape index (κ3) is 3.22. The lowest BCUT2D eigenvalue weighted by molar-refractivity contribution is -0.384. The Morgan fingerprint density at radius 2 is 1.95 bits per heavy atom. The van der Waals surface area contributed by atoms with Gasteiger partial charge in [-0.2, -0.15) is 0 Å². The molecule has 0 aromatic carbocycles. The molecule has 0 bridgehead atoms. The zero-order valence-corrected chi connectivity index (χ0v) is 13.9. The number of aromatic nitrogens is 2. The normalized spacial score (nSPS) is 11.2. The van der Waals surface area contributed by atoms with Crippen molar-refractivity contribution in [2.75, 3.05) is 13.4 Å². The average molecular weight is 388 g/mol. The third-order valence-corrected chi connectivity index (χ3v) is 4.25. The Hall–Kier alpha value is -2.07. The van der Waals surface area contributed by atoms with Crippen LogP contribution in [-0.4, -0.2) is 36.7 Å². The molecular formula is C12H10BrN3O5S. The highest BCUT2D eigenvalue weighted by molar-refractivity contribution is 9.10. The summed E-state index contributed by atoms with van der Waals surface area (Å²) >= 11 is 3.11. The van der Waals surface area contributed by atoms with E-state index in [2.05, 4.69) is 25.9 Å². The molecule has 0 aliphatic carbocycles. The molecule has 0 atom stereocenters. The summed E-state index contributed by atoms with van der Waals surface area (Å²) in [6, 6.07) is 2.53. The molecule has 0 spiro atoms. The van der Waals surface area contributed by atoms with Crippen LogP contribution >= 0.6 is 15.9 Å². The van der Waals surface area contributed by atoms with Crippen molar-refractivity contribution in [3.05, 3.63) is 39.1 Å². The number of nitrogens with zero attached hydrogens (tertiary/aromatic N) is 3. The maximum absolute atomic E-state index is 11.6. The lowest BCUT2D eigenvalue weighted by Crippen LogP contribution is -2.02. The van der Waals surface area contributed by atoms with Crippen molar-refractivity contribution < 1.29 is 18.1 Å². The SMILES string of the molecule is COc1ncc(S(C)(=O)=O)cc1-c1ncc(Br)cc1[N+](=O)[O-]. The van der Waals surface area contributed by atoms with Crippen molar-refractivity contribution in [1.82, 2.24) is 9.97 Å². The van der Waals surface area contributed by atoms with Crippen molar-refractivity contribution in [2.24, 2.45) is 0 Å². The Kier molecular flexibility index (Phi) is 4.42. The van der Waals surface area contributed by atoms with Gasteiger partial charge in [-0.1, -0.05) is 0 Å². The van der Waals surface area contributed by atoms with Crippen molar-refractivity contribution in [3.8, 4) is 17.1 Å². The molecule has 0 aliphatic heterocycles. The van der Waals surface area contributed by atoms with Gasteiger partial charge in [0.25, 0.3) is 5.69 Å². The highest BCUT2D eigenvalue weighted by atomic mass is 79.9. The average Bonchev–Trinajstić information content (AvgIpc) is 2.45. The van der Waals surface area contributed by atoms with Crippen molar-refractivity contribution in [3.63, 3.8) is 0 Å². The van der Waals surface area contributed by atoms with Gasteiger partial charge < -0.3 is 4.74 Å². The smallest absolute Gasteiger partial charge is 0.296 e. The maximum atomic E-state index is 11.6. The van der Waals surface area contributed by atoms with Gasteiger partial charge in [-0.25, -0.2) is 18.4 Å². The van der Waals surface area contributed by atoms with E-state index in [1.165, 1.54) is 25.4 Å². The summed E-state index contributed by atoms with van der Waals surface area (Å²) in [4.78, 5) is 18.4. The first kappa shape index (κ1) is 16.3. The molecule has 8 nitrogen and oxygen atoms in total. The number of pyridine rings is 2. The minimum Gasteiger partial charge on any atom is -0.481 e. The summed E-state index contributed by atoms with van der Waals surface area (Å²) in [6.45, 7) is 0. The molecule has 10 heteroatoms. The highest BCUT2D eigenvalue weighted by Crippen LogP contribution is 2.35. The fraction of sp³-hybridized carbons (Fsp3) is 0.167. The van der Waals surface area contributed by atoms with Crippen molar-refractivity contribution in [2.45, 2.75) is 4.90 Å². The number of ether oxygens (including phenoxy) is 1. The monoisotopic (exact) mass is 387 g/mol. The predicted molar refractivity (Wildman–Crippen MR) is 81.5 cm³/mol. The van der Waals surface area contributed by atoms with E-state index in [-0.39, 0.29) is 27.7 Å². The summed E-state index contributed by atoms with van der Waals surface area (Å²) in [5.41, 5.74) is -0.187. The molecule has 22 heavy (non-hydrogen) atoms. The third-order valence-electron chi connectivity index (χ3n) is 2.73. The summed E-state index contributed by atoms with van der Waals surface area (Å²) in [5.74, 6) is 0.0466. The molecule has 0 amide bonds. The summed E-state index contributed by atoms with van der Waals surface area (Å²) in [5, 5.41) is 11.2. The molecule has 0 saturated heterocycles. The van der Waals surface area contributed by atoms with Gasteiger partial charge in [-0.15, -0.1) is 0 Å². The molecule has 0 unspecified atom stereocenters. The molecule has 2 aromatic rings. The number of rotatable bonds is 4. The fourth-order valence-corrected chi connectivity index (χ4v) is 2.64. The van der Waals surface area contributed by atoms with Gasteiger partial charge in [0.15, 0.2) is 15.5 Å². The van der Waals surface area contributed by atoms with Crippen LogP contribution in [0.25, 0.3) is 11.3 Å². The Bertz CT molecular complexity index is 854. The molecule has 2 rings (SSSR count). The number of hydrogen-bond donors (Lipinski definition) is 0. The number of nitro groups is 1. The first-order valence-corrected chi connectivity index (χ1v) is 8.47. The van der Waals surface area contributed by atoms with Crippen LogP contribution in [0.4, 0.5) is 5.69 Å². The Morgan fingerprint density at radius 3 is 2.50 bits per heavy atom. The van der Waals surface area contributed by atoms with E-state index >= 15 is 0 Å². The first-order valence-electron chi connectivity index (χ1n) is 5.78. The Morgan fingerprint density at radius 1 is 1.27 bits per heavy atom. The fourth-order valence-electron chi connectivity index (χ4n) is 1.74. The van der Waals surface area contributed by atoms with Crippen LogP contribution < -0.4 is 4.74 Å². The topological polar surface area (TPSA) is 112 Å². The zero-order chi connectivity index (χ0) is 16.5. The van der Waals surface area contributed by atoms with E-state index in [9.17, 15) is 18.5 Å².